The van der Waals surface area contributed by atoms with Crippen molar-refractivity contribution in [3.05, 3.63) is 17.0 Å². The van der Waals surface area contributed by atoms with Crippen molar-refractivity contribution in [1.82, 2.24) is 9.78 Å². The van der Waals surface area contributed by atoms with Gasteiger partial charge < -0.3 is 0 Å². The highest BCUT2D eigenvalue weighted by Crippen LogP contribution is 2.35. The molecule has 0 saturated carbocycles. The van der Waals surface area contributed by atoms with Gasteiger partial charge in [0.15, 0.2) is 5.69 Å². The predicted molar refractivity (Wildman–Crippen MR) is 56.2 cm³/mol. The maximum absolute atomic E-state index is 12.5. The van der Waals surface area contributed by atoms with Gasteiger partial charge in [-0.2, -0.15) is 18.3 Å². The van der Waals surface area contributed by atoms with Crippen LogP contribution in [0.3, 0.4) is 0 Å². The van der Waals surface area contributed by atoms with E-state index in [0.717, 1.165) is 25.0 Å². The molecule has 1 aromatic heterocycles. The van der Waals surface area contributed by atoms with Gasteiger partial charge in [0.2, 0.25) is 0 Å². The lowest BCUT2D eigenvalue weighted by Crippen LogP contribution is -2.11. The highest BCUT2D eigenvalue weighted by atomic mass is 19.4. The molecule has 5 heteroatoms. The van der Waals surface area contributed by atoms with Crippen molar-refractivity contribution in [2.24, 2.45) is 7.05 Å². The summed E-state index contributed by atoms with van der Waals surface area (Å²) in [7, 11) is 1.58. The Balaban J connectivity index is 0.000000606. The van der Waals surface area contributed by atoms with Crippen LogP contribution in [0.25, 0.3) is 0 Å². The number of alkyl halides is 3. The lowest BCUT2D eigenvalue weighted by atomic mass is 9.95. The Kier molecular flexibility index (Phi) is 3.99. The largest absolute Gasteiger partial charge is 0.435 e. The first-order chi connectivity index (χ1) is 7.50. The van der Waals surface area contributed by atoms with Crippen molar-refractivity contribution in [2.75, 3.05) is 0 Å². The van der Waals surface area contributed by atoms with E-state index in [9.17, 15) is 13.2 Å². The Morgan fingerprint density at radius 3 is 2.25 bits per heavy atom. The summed E-state index contributed by atoms with van der Waals surface area (Å²) in [6, 6.07) is 0. The first-order valence-corrected chi connectivity index (χ1v) is 5.62. The Labute approximate surface area is 93.5 Å². The second-order valence-corrected chi connectivity index (χ2v) is 3.60. The van der Waals surface area contributed by atoms with Gasteiger partial charge in [-0.15, -0.1) is 0 Å². The predicted octanol–water partition coefficient (Wildman–Crippen LogP) is 3.34. The maximum Gasteiger partial charge on any atom is 0.435 e. The van der Waals surface area contributed by atoms with E-state index in [1.165, 1.54) is 4.68 Å². The molecular formula is C11H17F3N2. The Bertz CT molecular complexity index is 353. The molecule has 0 atom stereocenters. The van der Waals surface area contributed by atoms with Crippen molar-refractivity contribution in [1.29, 1.82) is 0 Å². The van der Waals surface area contributed by atoms with E-state index in [2.05, 4.69) is 5.10 Å². The minimum atomic E-state index is -4.30. The molecule has 1 aromatic rings. The van der Waals surface area contributed by atoms with Gasteiger partial charge in [0.25, 0.3) is 0 Å². The van der Waals surface area contributed by atoms with E-state index in [1.807, 2.05) is 13.8 Å². The third-order valence-corrected chi connectivity index (χ3v) is 2.63. The zero-order valence-electron chi connectivity index (χ0n) is 9.86. The standard InChI is InChI=1S/C9H11F3N2.C2H6/c1-14-7-5-3-2-4-6(7)8(13-14)9(10,11)12;1-2/h2-5H2,1H3;1-2H3. The second kappa shape index (κ2) is 4.89. The Morgan fingerprint density at radius 2 is 1.69 bits per heavy atom. The van der Waals surface area contributed by atoms with Gasteiger partial charge in [-0.3, -0.25) is 4.68 Å². The van der Waals surface area contributed by atoms with Crippen molar-refractivity contribution in [3.8, 4) is 0 Å². The monoisotopic (exact) mass is 234 g/mol. The zero-order chi connectivity index (χ0) is 12.3. The molecule has 0 aromatic carbocycles. The summed E-state index contributed by atoms with van der Waals surface area (Å²) in [5.74, 6) is 0. The van der Waals surface area contributed by atoms with E-state index in [-0.39, 0.29) is 0 Å². The van der Waals surface area contributed by atoms with Crippen LogP contribution in [0.1, 0.15) is 43.6 Å². The average Bonchev–Trinajstić information content (AvgIpc) is 2.60. The van der Waals surface area contributed by atoms with Gasteiger partial charge in [0.1, 0.15) is 0 Å². The zero-order valence-corrected chi connectivity index (χ0v) is 9.86. The summed E-state index contributed by atoms with van der Waals surface area (Å²) in [6.45, 7) is 4.00. The summed E-state index contributed by atoms with van der Waals surface area (Å²) in [4.78, 5) is 0. The highest BCUT2D eigenvalue weighted by Gasteiger charge is 2.38. The molecular weight excluding hydrogens is 217 g/mol. The van der Waals surface area contributed by atoms with E-state index >= 15 is 0 Å². The molecule has 1 heterocycles. The third-order valence-electron chi connectivity index (χ3n) is 2.63. The average molecular weight is 234 g/mol. The Hall–Kier alpha value is -1.00. The third kappa shape index (κ3) is 2.39. The molecule has 0 radical (unpaired) electrons. The molecule has 0 aliphatic heterocycles. The number of fused-ring (bicyclic) bond motifs is 1. The fourth-order valence-corrected chi connectivity index (χ4v) is 2.00. The van der Waals surface area contributed by atoms with Crippen LogP contribution in [0.5, 0.6) is 0 Å². The first kappa shape index (κ1) is 13.1. The molecule has 0 unspecified atom stereocenters. The van der Waals surface area contributed by atoms with Crippen LogP contribution in [-0.4, -0.2) is 9.78 Å². The van der Waals surface area contributed by atoms with Crippen LogP contribution >= 0.6 is 0 Å². The Morgan fingerprint density at radius 1 is 1.12 bits per heavy atom. The lowest BCUT2D eigenvalue weighted by molar-refractivity contribution is -0.142. The van der Waals surface area contributed by atoms with Crippen molar-refractivity contribution in [3.63, 3.8) is 0 Å². The smallest absolute Gasteiger partial charge is 0.272 e. The molecule has 0 bridgehead atoms. The topological polar surface area (TPSA) is 17.8 Å². The molecule has 0 amide bonds. The number of hydrogen-bond acceptors (Lipinski definition) is 1. The molecule has 0 N–H and O–H groups in total. The molecule has 2 nitrogen and oxygen atoms in total. The van der Waals surface area contributed by atoms with Crippen LogP contribution in [-0.2, 0) is 26.1 Å². The molecule has 1 aliphatic carbocycles. The molecule has 0 saturated heterocycles. The summed E-state index contributed by atoms with van der Waals surface area (Å²) in [5.41, 5.74) is 0.476. The van der Waals surface area contributed by atoms with E-state index in [1.54, 1.807) is 7.05 Å². The SMILES string of the molecule is CC.Cn1nc(C(F)(F)F)c2c1CCCC2. The minimum Gasteiger partial charge on any atom is -0.272 e. The summed E-state index contributed by atoms with van der Waals surface area (Å²) in [5, 5.41) is 3.56. The van der Waals surface area contributed by atoms with Crippen LogP contribution in [0.2, 0.25) is 0 Å². The van der Waals surface area contributed by atoms with Gasteiger partial charge in [0, 0.05) is 18.3 Å². The number of halogens is 3. The minimum absolute atomic E-state index is 0.409. The van der Waals surface area contributed by atoms with Crippen LogP contribution < -0.4 is 0 Å². The van der Waals surface area contributed by atoms with Gasteiger partial charge in [0.05, 0.1) is 0 Å². The van der Waals surface area contributed by atoms with Crippen LogP contribution in [0.4, 0.5) is 13.2 Å². The van der Waals surface area contributed by atoms with Gasteiger partial charge in [-0.05, 0) is 25.7 Å². The number of aromatic nitrogens is 2. The molecule has 0 spiro atoms. The second-order valence-electron chi connectivity index (χ2n) is 3.60. The number of rotatable bonds is 0. The van der Waals surface area contributed by atoms with E-state index < -0.39 is 11.9 Å². The lowest BCUT2D eigenvalue weighted by Gasteiger charge is -2.13. The van der Waals surface area contributed by atoms with Crippen LogP contribution in [0, 0.1) is 0 Å². The normalized spacial score (nSPS) is 15.1. The number of aryl methyl sites for hydroxylation is 1. The summed E-state index contributed by atoms with van der Waals surface area (Å²) in [6.07, 6.45) is -1.28. The van der Waals surface area contributed by atoms with Gasteiger partial charge in [-0.1, -0.05) is 13.8 Å². The fraction of sp³-hybridized carbons (Fsp3) is 0.727. The summed E-state index contributed by atoms with van der Waals surface area (Å²) >= 11 is 0. The number of nitrogens with zero attached hydrogens (tertiary/aromatic N) is 2. The molecule has 16 heavy (non-hydrogen) atoms. The number of hydrogen-bond donors (Lipinski definition) is 0. The molecule has 0 fully saturated rings. The summed E-state index contributed by atoms with van der Waals surface area (Å²) < 4.78 is 38.9. The van der Waals surface area contributed by atoms with E-state index in [4.69, 9.17) is 0 Å². The fourth-order valence-electron chi connectivity index (χ4n) is 2.00. The molecule has 92 valence electrons. The van der Waals surface area contributed by atoms with Gasteiger partial charge in [-0.25, -0.2) is 0 Å². The molecule has 1 aliphatic rings. The van der Waals surface area contributed by atoms with E-state index in [0.29, 0.717) is 12.0 Å². The highest BCUT2D eigenvalue weighted by molar-refractivity contribution is 5.30. The quantitative estimate of drug-likeness (QED) is 0.673. The van der Waals surface area contributed by atoms with Crippen LogP contribution in [0.15, 0.2) is 0 Å². The maximum atomic E-state index is 12.5. The van der Waals surface area contributed by atoms with Crippen molar-refractivity contribution < 1.29 is 13.2 Å². The first-order valence-electron chi connectivity index (χ1n) is 5.62. The van der Waals surface area contributed by atoms with Crippen molar-refractivity contribution >= 4 is 0 Å². The van der Waals surface area contributed by atoms with Gasteiger partial charge >= 0.3 is 6.18 Å². The molecule has 2 rings (SSSR count). The van der Waals surface area contributed by atoms with Crippen molar-refractivity contribution in [2.45, 2.75) is 45.7 Å².